The molecule has 2 rings (SSSR count). The highest BCUT2D eigenvalue weighted by molar-refractivity contribution is 5.81. The number of nitrogens with one attached hydrogen (secondary N) is 1. The van der Waals surface area contributed by atoms with Crippen molar-refractivity contribution in [3.05, 3.63) is 45.8 Å². The van der Waals surface area contributed by atoms with Crippen LogP contribution in [0.15, 0.2) is 33.5 Å². The van der Waals surface area contributed by atoms with E-state index in [1.54, 1.807) is 18.2 Å². The quantitative estimate of drug-likeness (QED) is 0.650. The first-order valence-corrected chi connectivity index (χ1v) is 9.24. The van der Waals surface area contributed by atoms with Crippen molar-refractivity contribution in [1.29, 1.82) is 0 Å². The Bertz CT molecular complexity index is 956. The van der Waals surface area contributed by atoms with Gasteiger partial charge in [-0.3, -0.25) is 4.79 Å². The van der Waals surface area contributed by atoms with Crippen LogP contribution in [-0.2, 0) is 27.2 Å². The third-order valence-electron chi connectivity index (χ3n) is 4.02. The molecule has 8 nitrogen and oxygen atoms in total. The number of ether oxygens (including phenoxy) is 1. The van der Waals surface area contributed by atoms with Gasteiger partial charge < -0.3 is 24.4 Å². The van der Waals surface area contributed by atoms with Crippen LogP contribution in [0, 0.1) is 5.41 Å². The van der Waals surface area contributed by atoms with Gasteiger partial charge in [0.1, 0.15) is 23.7 Å². The number of carbonyl (C=O) groups excluding carboxylic acids is 2. The average molecular weight is 403 g/mol. The van der Waals surface area contributed by atoms with Gasteiger partial charge in [0.25, 0.3) is 0 Å². The zero-order valence-electron chi connectivity index (χ0n) is 16.7. The molecular weight excluding hydrogens is 378 g/mol. The number of benzene rings is 1. The van der Waals surface area contributed by atoms with Gasteiger partial charge in [-0.1, -0.05) is 26.8 Å². The lowest BCUT2D eigenvalue weighted by atomic mass is 9.99. The SMILES string of the molecule is CC(C)(C)COC(=O)N[C@@H](Cc1ccc2oc(CCC=O)cc(=O)c2c1)C(=O)O. The standard InChI is InChI=1S/C21H25NO7/c1-21(2,3)12-28-20(27)22-16(19(25)26)10-13-6-7-18-15(9-13)17(24)11-14(29-18)5-4-8-23/h6-9,11,16H,4-5,10,12H2,1-3H3,(H,22,27)(H,25,26)/t16-/m0/s1. The number of hydrogen-bond acceptors (Lipinski definition) is 6. The molecule has 0 fully saturated rings. The molecule has 1 heterocycles. The van der Waals surface area contributed by atoms with Crippen molar-refractivity contribution in [2.24, 2.45) is 5.41 Å². The maximum atomic E-state index is 12.3. The number of aldehydes is 1. The summed E-state index contributed by atoms with van der Waals surface area (Å²) in [6.45, 7) is 5.81. The molecule has 0 aliphatic carbocycles. The third kappa shape index (κ3) is 6.74. The van der Waals surface area contributed by atoms with Crippen LogP contribution >= 0.6 is 0 Å². The van der Waals surface area contributed by atoms with Gasteiger partial charge in [-0.05, 0) is 23.1 Å². The fraction of sp³-hybridized carbons (Fsp3) is 0.429. The van der Waals surface area contributed by atoms with Crippen molar-refractivity contribution >= 4 is 29.3 Å². The second kappa shape index (κ2) is 9.36. The van der Waals surface area contributed by atoms with Gasteiger partial charge in [-0.15, -0.1) is 0 Å². The summed E-state index contributed by atoms with van der Waals surface area (Å²) >= 11 is 0. The van der Waals surface area contributed by atoms with Crippen LogP contribution in [0.3, 0.4) is 0 Å². The molecule has 8 heteroatoms. The van der Waals surface area contributed by atoms with Crippen molar-refractivity contribution in [3.8, 4) is 0 Å². The van der Waals surface area contributed by atoms with Crippen LogP contribution in [0.4, 0.5) is 4.79 Å². The number of alkyl carbamates (subject to hydrolysis) is 1. The first kappa shape index (κ1) is 22.1. The molecule has 0 radical (unpaired) electrons. The predicted molar refractivity (Wildman–Crippen MR) is 106 cm³/mol. The molecule has 156 valence electrons. The molecule has 1 aromatic heterocycles. The number of aryl methyl sites for hydroxylation is 1. The molecule has 0 unspecified atom stereocenters. The molecule has 0 saturated heterocycles. The number of amides is 1. The lowest BCUT2D eigenvalue weighted by Crippen LogP contribution is -2.43. The Kier molecular flexibility index (Phi) is 7.14. The fourth-order valence-corrected chi connectivity index (χ4v) is 2.61. The molecule has 0 spiro atoms. The minimum atomic E-state index is -1.21. The van der Waals surface area contributed by atoms with Crippen LogP contribution in [0.25, 0.3) is 11.0 Å². The Labute approximate surface area is 167 Å². The number of rotatable bonds is 8. The fourth-order valence-electron chi connectivity index (χ4n) is 2.61. The summed E-state index contributed by atoms with van der Waals surface area (Å²) in [6.07, 6.45) is 0.496. The lowest BCUT2D eigenvalue weighted by molar-refractivity contribution is -0.139. The van der Waals surface area contributed by atoms with E-state index in [0.717, 1.165) is 6.29 Å². The normalized spacial score (nSPS) is 12.4. The summed E-state index contributed by atoms with van der Waals surface area (Å²) in [5, 5.41) is 12.1. The van der Waals surface area contributed by atoms with Crippen molar-refractivity contribution in [3.63, 3.8) is 0 Å². The van der Waals surface area contributed by atoms with E-state index in [1.165, 1.54) is 6.07 Å². The number of carboxylic acid groups (broad SMARTS) is 1. The molecule has 29 heavy (non-hydrogen) atoms. The number of hydrogen-bond donors (Lipinski definition) is 2. The predicted octanol–water partition coefficient (Wildman–Crippen LogP) is 2.69. The van der Waals surface area contributed by atoms with E-state index in [1.807, 2.05) is 20.8 Å². The molecule has 2 aromatic rings. The largest absolute Gasteiger partial charge is 0.480 e. The maximum absolute atomic E-state index is 12.3. The minimum absolute atomic E-state index is 0.0256. The highest BCUT2D eigenvalue weighted by atomic mass is 16.5. The van der Waals surface area contributed by atoms with E-state index in [4.69, 9.17) is 9.15 Å². The molecule has 0 aliphatic heterocycles. The summed E-state index contributed by atoms with van der Waals surface area (Å²) in [5.41, 5.74) is 0.381. The smallest absolute Gasteiger partial charge is 0.407 e. The van der Waals surface area contributed by atoms with Crippen LogP contribution in [0.5, 0.6) is 0 Å². The monoisotopic (exact) mass is 403 g/mol. The first-order valence-electron chi connectivity index (χ1n) is 9.24. The second-order valence-electron chi connectivity index (χ2n) is 7.99. The summed E-state index contributed by atoms with van der Waals surface area (Å²) in [5.74, 6) is -0.803. The number of carbonyl (C=O) groups is 3. The van der Waals surface area contributed by atoms with E-state index < -0.39 is 18.1 Å². The average Bonchev–Trinajstić information content (AvgIpc) is 2.64. The van der Waals surface area contributed by atoms with Crippen molar-refractivity contribution < 1.29 is 28.6 Å². The van der Waals surface area contributed by atoms with Crippen LogP contribution in [0.1, 0.15) is 38.5 Å². The molecule has 2 N–H and O–H groups in total. The molecule has 1 atom stereocenters. The molecular formula is C21H25NO7. The Balaban J connectivity index is 2.16. The molecule has 0 bridgehead atoms. The highest BCUT2D eigenvalue weighted by Gasteiger charge is 2.23. The first-order chi connectivity index (χ1) is 13.6. The van der Waals surface area contributed by atoms with Crippen molar-refractivity contribution in [2.45, 2.75) is 46.1 Å². The van der Waals surface area contributed by atoms with Crippen LogP contribution in [-0.4, -0.2) is 36.1 Å². The van der Waals surface area contributed by atoms with Gasteiger partial charge in [0.2, 0.25) is 0 Å². The lowest BCUT2D eigenvalue weighted by Gasteiger charge is -2.20. The number of carboxylic acids is 1. The maximum Gasteiger partial charge on any atom is 0.407 e. The Morgan fingerprint density at radius 3 is 2.62 bits per heavy atom. The number of fused-ring (bicyclic) bond motifs is 1. The molecule has 1 amide bonds. The second-order valence-corrected chi connectivity index (χ2v) is 7.99. The third-order valence-corrected chi connectivity index (χ3v) is 4.02. The van der Waals surface area contributed by atoms with Crippen molar-refractivity contribution in [2.75, 3.05) is 6.61 Å². The minimum Gasteiger partial charge on any atom is -0.480 e. The molecule has 0 aliphatic rings. The number of aliphatic carboxylic acids is 1. The van der Waals surface area contributed by atoms with Crippen LogP contribution in [0.2, 0.25) is 0 Å². The summed E-state index contributed by atoms with van der Waals surface area (Å²) in [4.78, 5) is 46.3. The highest BCUT2D eigenvalue weighted by Crippen LogP contribution is 2.17. The molecule has 0 saturated carbocycles. The Morgan fingerprint density at radius 1 is 1.28 bits per heavy atom. The van der Waals surface area contributed by atoms with Gasteiger partial charge in [0.15, 0.2) is 5.43 Å². The van der Waals surface area contributed by atoms with Gasteiger partial charge in [-0.25, -0.2) is 9.59 Å². The summed E-state index contributed by atoms with van der Waals surface area (Å²) in [7, 11) is 0. The van der Waals surface area contributed by atoms with E-state index in [0.29, 0.717) is 28.7 Å². The van der Waals surface area contributed by atoms with E-state index in [2.05, 4.69) is 5.32 Å². The summed E-state index contributed by atoms with van der Waals surface area (Å²) in [6, 6.07) is 4.87. The zero-order valence-corrected chi connectivity index (χ0v) is 16.7. The Morgan fingerprint density at radius 2 is 2.00 bits per heavy atom. The van der Waals surface area contributed by atoms with Gasteiger partial charge in [-0.2, -0.15) is 0 Å². The Hall–Kier alpha value is -3.16. The van der Waals surface area contributed by atoms with Crippen molar-refractivity contribution in [1.82, 2.24) is 5.32 Å². The van der Waals surface area contributed by atoms with Gasteiger partial charge in [0.05, 0.1) is 12.0 Å². The van der Waals surface area contributed by atoms with E-state index in [9.17, 15) is 24.3 Å². The van der Waals surface area contributed by atoms with Crippen LogP contribution < -0.4 is 10.7 Å². The zero-order chi connectivity index (χ0) is 21.6. The topological polar surface area (TPSA) is 123 Å². The van der Waals surface area contributed by atoms with Gasteiger partial charge >= 0.3 is 12.1 Å². The van der Waals surface area contributed by atoms with E-state index >= 15 is 0 Å². The van der Waals surface area contributed by atoms with E-state index in [-0.39, 0.29) is 30.3 Å². The molecule has 1 aromatic carbocycles. The summed E-state index contributed by atoms with van der Waals surface area (Å²) < 4.78 is 10.7. The van der Waals surface area contributed by atoms with Gasteiger partial charge in [0, 0.05) is 25.3 Å².